The van der Waals surface area contributed by atoms with Gasteiger partial charge in [0.25, 0.3) is 0 Å². The van der Waals surface area contributed by atoms with Crippen molar-refractivity contribution in [2.45, 2.75) is 13.0 Å². The molecule has 30 heavy (non-hydrogen) atoms. The average molecular weight is 432 g/mol. The molecule has 152 valence electrons. The van der Waals surface area contributed by atoms with E-state index >= 15 is 0 Å². The van der Waals surface area contributed by atoms with E-state index in [0.29, 0.717) is 6.04 Å². The van der Waals surface area contributed by atoms with E-state index in [1.54, 1.807) is 0 Å². The van der Waals surface area contributed by atoms with E-state index in [1.165, 1.54) is 21.6 Å². The van der Waals surface area contributed by atoms with E-state index in [-0.39, 0.29) is 12.4 Å². The third kappa shape index (κ3) is 4.75. The Morgan fingerprint density at radius 2 is 0.900 bits per heavy atom. The molecule has 1 nitrogen and oxygen atoms in total. The fourth-order valence-electron chi connectivity index (χ4n) is 4.09. The van der Waals surface area contributed by atoms with Crippen LogP contribution in [-0.2, 0) is 0 Å². The molecule has 3 heteroatoms. The second-order valence-electron chi connectivity index (χ2n) is 7.41. The lowest BCUT2D eigenvalue weighted by Crippen LogP contribution is -3.00. The highest BCUT2D eigenvalue weighted by atomic mass is 35.5. The summed E-state index contributed by atoms with van der Waals surface area (Å²) in [6.45, 7) is 2.30. The molecule has 0 spiro atoms. The summed E-state index contributed by atoms with van der Waals surface area (Å²) in [5.41, 5.74) is 1.17. The number of nitrogens with one attached hydrogen (secondary N) is 1. The van der Waals surface area contributed by atoms with E-state index in [9.17, 15) is 0 Å². The maximum absolute atomic E-state index is 3.73. The monoisotopic (exact) mass is 431 g/mol. The Balaban J connectivity index is 0.00000256. The molecule has 0 fully saturated rings. The Labute approximate surface area is 186 Å². The van der Waals surface area contributed by atoms with Crippen LogP contribution in [0.25, 0.3) is 0 Å². The fourth-order valence-corrected chi connectivity index (χ4v) is 8.57. The number of anilines is 1. The van der Waals surface area contributed by atoms with Crippen molar-refractivity contribution in [3.05, 3.63) is 121 Å². The number of para-hydroxylation sites is 1. The van der Waals surface area contributed by atoms with Crippen LogP contribution in [0.15, 0.2) is 121 Å². The zero-order chi connectivity index (χ0) is 19.9. The summed E-state index contributed by atoms with van der Waals surface area (Å²) < 4.78 is 0. The maximum Gasteiger partial charge on any atom is 0.114 e. The molecule has 1 atom stereocenters. The highest BCUT2D eigenvalue weighted by molar-refractivity contribution is 7.95. The van der Waals surface area contributed by atoms with Crippen LogP contribution in [0.2, 0.25) is 0 Å². The molecule has 0 amide bonds. The SMILES string of the molecule is CC(C[P+](c1ccccc1)(c1ccccc1)c1ccccc1)Nc1ccccc1.[Cl-]. The average Bonchev–Trinajstić information content (AvgIpc) is 2.80. The van der Waals surface area contributed by atoms with Gasteiger partial charge in [-0.3, -0.25) is 0 Å². The molecule has 4 rings (SSSR count). The summed E-state index contributed by atoms with van der Waals surface area (Å²) in [7, 11) is -1.81. The summed E-state index contributed by atoms with van der Waals surface area (Å²) in [5, 5.41) is 8.02. The largest absolute Gasteiger partial charge is 1.00 e. The molecule has 0 aliphatic carbocycles. The summed E-state index contributed by atoms with van der Waals surface area (Å²) in [6, 6.07) is 44.1. The third-order valence-corrected chi connectivity index (χ3v) is 9.96. The van der Waals surface area contributed by atoms with Gasteiger partial charge in [0.05, 0.1) is 12.2 Å². The zero-order valence-electron chi connectivity index (χ0n) is 17.2. The van der Waals surface area contributed by atoms with Gasteiger partial charge in [0, 0.05) is 5.69 Å². The van der Waals surface area contributed by atoms with Crippen molar-refractivity contribution in [1.29, 1.82) is 0 Å². The van der Waals surface area contributed by atoms with Crippen LogP contribution in [0, 0.1) is 0 Å². The van der Waals surface area contributed by atoms with Crippen molar-refractivity contribution in [2.75, 3.05) is 11.5 Å². The van der Waals surface area contributed by atoms with Gasteiger partial charge in [0.15, 0.2) is 0 Å². The second-order valence-corrected chi connectivity index (χ2v) is 10.9. The van der Waals surface area contributed by atoms with E-state index in [4.69, 9.17) is 0 Å². The van der Waals surface area contributed by atoms with E-state index in [2.05, 4.69) is 134 Å². The number of benzene rings is 4. The quantitative estimate of drug-likeness (QED) is 0.443. The van der Waals surface area contributed by atoms with Crippen LogP contribution >= 0.6 is 7.26 Å². The van der Waals surface area contributed by atoms with Crippen LogP contribution in [0.4, 0.5) is 5.69 Å². The molecule has 0 saturated heterocycles. The Morgan fingerprint density at radius 1 is 0.567 bits per heavy atom. The molecule has 1 unspecified atom stereocenters. The van der Waals surface area contributed by atoms with Gasteiger partial charge in [-0.1, -0.05) is 72.8 Å². The number of halogens is 1. The summed E-state index contributed by atoms with van der Waals surface area (Å²) in [6.07, 6.45) is 1.06. The molecule has 0 aliphatic rings. The standard InChI is InChI=1S/C27H27NP.ClH/c1-23(28-24-14-6-2-7-15-24)22-29(25-16-8-3-9-17-25,26-18-10-4-11-19-26)27-20-12-5-13-21-27;/h2-21,23,28H,22H2,1H3;1H/q+1;/p-1. The first-order valence-corrected chi connectivity index (χ1v) is 12.1. The Hall–Kier alpha value is -2.60. The minimum atomic E-state index is -1.81. The van der Waals surface area contributed by atoms with E-state index in [0.717, 1.165) is 6.16 Å². The molecule has 0 aromatic heterocycles. The Kier molecular flexibility index (Phi) is 7.69. The summed E-state index contributed by atoms with van der Waals surface area (Å²) in [4.78, 5) is 0. The molecule has 1 N–H and O–H groups in total. The molecule has 4 aromatic carbocycles. The fraction of sp³-hybridized carbons (Fsp3) is 0.111. The lowest BCUT2D eigenvalue weighted by atomic mass is 10.3. The lowest BCUT2D eigenvalue weighted by Gasteiger charge is -2.30. The minimum absolute atomic E-state index is 0. The number of hydrogen-bond acceptors (Lipinski definition) is 1. The summed E-state index contributed by atoms with van der Waals surface area (Å²) >= 11 is 0. The van der Waals surface area contributed by atoms with Crippen molar-refractivity contribution in [3.8, 4) is 0 Å². The predicted molar refractivity (Wildman–Crippen MR) is 130 cm³/mol. The van der Waals surface area contributed by atoms with Gasteiger partial charge in [-0.2, -0.15) is 0 Å². The lowest BCUT2D eigenvalue weighted by molar-refractivity contribution is -0.00000572. The van der Waals surface area contributed by atoms with Crippen molar-refractivity contribution in [2.24, 2.45) is 0 Å². The van der Waals surface area contributed by atoms with Crippen molar-refractivity contribution in [1.82, 2.24) is 0 Å². The summed E-state index contributed by atoms with van der Waals surface area (Å²) in [5.74, 6) is 0. The molecule has 0 heterocycles. The van der Waals surface area contributed by atoms with Crippen molar-refractivity contribution >= 4 is 28.9 Å². The first-order chi connectivity index (χ1) is 14.3. The molecular weight excluding hydrogens is 405 g/mol. The van der Waals surface area contributed by atoms with Crippen LogP contribution < -0.4 is 33.6 Å². The second kappa shape index (κ2) is 10.4. The number of hydrogen-bond donors (Lipinski definition) is 1. The topological polar surface area (TPSA) is 12.0 Å². The van der Waals surface area contributed by atoms with Gasteiger partial charge in [-0.25, -0.2) is 0 Å². The number of rotatable bonds is 7. The van der Waals surface area contributed by atoms with Gasteiger partial charge < -0.3 is 17.7 Å². The smallest absolute Gasteiger partial charge is 0.114 e. The first-order valence-electron chi connectivity index (χ1n) is 10.2. The van der Waals surface area contributed by atoms with E-state index < -0.39 is 7.26 Å². The highest BCUT2D eigenvalue weighted by Crippen LogP contribution is 2.55. The third-order valence-electron chi connectivity index (χ3n) is 5.33. The van der Waals surface area contributed by atoms with Gasteiger partial charge in [0.2, 0.25) is 0 Å². The molecular formula is C27H27ClNP. The van der Waals surface area contributed by atoms with E-state index in [1.807, 2.05) is 0 Å². The van der Waals surface area contributed by atoms with Gasteiger partial charge in [-0.05, 0) is 55.5 Å². The molecule has 0 radical (unpaired) electrons. The van der Waals surface area contributed by atoms with Gasteiger partial charge >= 0.3 is 0 Å². The highest BCUT2D eigenvalue weighted by Gasteiger charge is 2.46. The first kappa shape index (κ1) is 22.1. The minimum Gasteiger partial charge on any atom is -1.00 e. The predicted octanol–water partition coefficient (Wildman–Crippen LogP) is 2.49. The molecule has 0 aliphatic heterocycles. The normalized spacial score (nSPS) is 11.9. The Morgan fingerprint density at radius 3 is 1.27 bits per heavy atom. The van der Waals surface area contributed by atoms with Crippen molar-refractivity contribution < 1.29 is 12.4 Å². The molecule has 0 bridgehead atoms. The van der Waals surface area contributed by atoms with Crippen LogP contribution in [0.3, 0.4) is 0 Å². The zero-order valence-corrected chi connectivity index (χ0v) is 18.8. The molecule has 4 aromatic rings. The Bertz CT molecular complexity index is 911. The van der Waals surface area contributed by atoms with Crippen LogP contribution in [-0.4, -0.2) is 12.2 Å². The van der Waals surface area contributed by atoms with Crippen LogP contribution in [0.1, 0.15) is 6.92 Å². The van der Waals surface area contributed by atoms with Crippen molar-refractivity contribution in [3.63, 3.8) is 0 Å². The maximum atomic E-state index is 3.73. The van der Waals surface area contributed by atoms with Gasteiger partial charge in [-0.15, -0.1) is 0 Å². The van der Waals surface area contributed by atoms with Crippen LogP contribution in [0.5, 0.6) is 0 Å². The van der Waals surface area contributed by atoms with Gasteiger partial charge in [0.1, 0.15) is 23.2 Å². The molecule has 0 saturated carbocycles.